The molecular formula is C17H21NO2S. The number of aryl methyl sites for hydroxylation is 1. The number of anilines is 1. The van der Waals surface area contributed by atoms with Gasteiger partial charge >= 0.3 is 0 Å². The Morgan fingerprint density at radius 2 is 1.67 bits per heavy atom. The van der Waals surface area contributed by atoms with Crippen molar-refractivity contribution in [1.29, 1.82) is 0 Å². The Balaban J connectivity index is 1.77. The zero-order valence-corrected chi connectivity index (χ0v) is 13.3. The highest BCUT2D eigenvalue weighted by atomic mass is 32.2. The van der Waals surface area contributed by atoms with Crippen molar-refractivity contribution in [3.8, 4) is 11.5 Å². The van der Waals surface area contributed by atoms with Crippen molar-refractivity contribution in [2.75, 3.05) is 24.7 Å². The van der Waals surface area contributed by atoms with Gasteiger partial charge in [-0.15, -0.1) is 11.8 Å². The van der Waals surface area contributed by atoms with E-state index in [9.17, 15) is 0 Å². The fourth-order valence-electron chi connectivity index (χ4n) is 1.88. The maximum absolute atomic E-state index is 5.81. The molecule has 0 radical (unpaired) electrons. The molecule has 2 aromatic rings. The minimum atomic E-state index is 0.660. The number of thioether (sulfide) groups is 1. The lowest BCUT2D eigenvalue weighted by Gasteiger charge is -2.09. The van der Waals surface area contributed by atoms with E-state index >= 15 is 0 Å². The van der Waals surface area contributed by atoms with Crippen LogP contribution in [-0.2, 0) is 0 Å². The van der Waals surface area contributed by atoms with E-state index in [4.69, 9.17) is 15.2 Å². The normalized spacial score (nSPS) is 10.4. The number of nitrogen functional groups attached to an aromatic ring is 1. The molecule has 0 aliphatic heterocycles. The van der Waals surface area contributed by atoms with Gasteiger partial charge in [0.25, 0.3) is 0 Å². The maximum Gasteiger partial charge on any atom is 0.119 e. The molecule has 21 heavy (non-hydrogen) atoms. The summed E-state index contributed by atoms with van der Waals surface area (Å²) in [6.45, 7) is 5.40. The van der Waals surface area contributed by atoms with Gasteiger partial charge in [-0.1, -0.05) is 6.07 Å². The smallest absolute Gasteiger partial charge is 0.119 e. The first-order valence-electron chi connectivity index (χ1n) is 7.03. The van der Waals surface area contributed by atoms with E-state index in [2.05, 4.69) is 6.92 Å². The Kier molecular flexibility index (Phi) is 5.81. The molecule has 2 N–H and O–H groups in total. The Hall–Kier alpha value is -1.81. The van der Waals surface area contributed by atoms with Crippen molar-refractivity contribution in [2.24, 2.45) is 0 Å². The van der Waals surface area contributed by atoms with Crippen LogP contribution in [0.15, 0.2) is 47.4 Å². The molecule has 2 aromatic carbocycles. The van der Waals surface area contributed by atoms with Gasteiger partial charge in [-0.3, -0.25) is 0 Å². The minimum absolute atomic E-state index is 0.660. The average Bonchev–Trinajstić information content (AvgIpc) is 2.49. The highest BCUT2D eigenvalue weighted by Gasteiger charge is 2.01. The van der Waals surface area contributed by atoms with Gasteiger partial charge in [0.1, 0.15) is 11.5 Å². The van der Waals surface area contributed by atoms with Gasteiger partial charge in [-0.2, -0.15) is 0 Å². The van der Waals surface area contributed by atoms with Crippen LogP contribution in [0.3, 0.4) is 0 Å². The molecule has 0 saturated heterocycles. The summed E-state index contributed by atoms with van der Waals surface area (Å²) < 4.78 is 11.1. The van der Waals surface area contributed by atoms with Gasteiger partial charge in [-0.25, -0.2) is 0 Å². The maximum atomic E-state index is 5.81. The summed E-state index contributed by atoms with van der Waals surface area (Å²) in [5, 5.41) is 0. The molecule has 2 rings (SSSR count). The van der Waals surface area contributed by atoms with E-state index in [-0.39, 0.29) is 0 Å². The minimum Gasteiger partial charge on any atom is -0.494 e. The van der Waals surface area contributed by atoms with Crippen molar-refractivity contribution in [3.05, 3.63) is 48.0 Å². The van der Waals surface area contributed by atoms with E-state index in [0.29, 0.717) is 13.2 Å². The molecule has 4 heteroatoms. The topological polar surface area (TPSA) is 44.5 Å². The number of hydrogen-bond acceptors (Lipinski definition) is 4. The molecule has 0 fully saturated rings. The van der Waals surface area contributed by atoms with Crippen LogP contribution in [-0.4, -0.2) is 19.0 Å². The predicted molar refractivity (Wildman–Crippen MR) is 89.4 cm³/mol. The largest absolute Gasteiger partial charge is 0.494 e. The van der Waals surface area contributed by atoms with Crippen molar-refractivity contribution in [1.82, 2.24) is 0 Å². The molecule has 0 heterocycles. The number of ether oxygens (including phenoxy) is 2. The van der Waals surface area contributed by atoms with Crippen LogP contribution < -0.4 is 15.2 Å². The summed E-state index contributed by atoms with van der Waals surface area (Å²) in [6.07, 6.45) is 0. The van der Waals surface area contributed by atoms with Crippen molar-refractivity contribution in [2.45, 2.75) is 18.7 Å². The average molecular weight is 303 g/mol. The van der Waals surface area contributed by atoms with E-state index in [1.807, 2.05) is 49.4 Å². The molecule has 0 bridgehead atoms. The lowest BCUT2D eigenvalue weighted by molar-refractivity contribution is 0.332. The molecule has 0 atom stereocenters. The molecule has 0 amide bonds. The number of hydrogen-bond donors (Lipinski definition) is 1. The lowest BCUT2D eigenvalue weighted by Crippen LogP contribution is -2.00. The second-order valence-electron chi connectivity index (χ2n) is 4.63. The summed E-state index contributed by atoms with van der Waals surface area (Å²) in [4.78, 5) is 1.21. The van der Waals surface area contributed by atoms with Crippen molar-refractivity contribution >= 4 is 17.4 Å². The Bertz CT molecular complexity index is 570. The van der Waals surface area contributed by atoms with Gasteiger partial charge in [0.05, 0.1) is 13.2 Å². The van der Waals surface area contributed by atoms with Crippen LogP contribution in [0.5, 0.6) is 11.5 Å². The lowest BCUT2D eigenvalue weighted by atomic mass is 10.2. The van der Waals surface area contributed by atoms with E-state index in [1.54, 1.807) is 11.8 Å². The third kappa shape index (κ3) is 4.90. The fraction of sp³-hybridized carbons (Fsp3) is 0.294. The van der Waals surface area contributed by atoms with Crippen LogP contribution in [0.1, 0.15) is 12.5 Å². The number of nitrogens with two attached hydrogens (primary N) is 1. The molecule has 0 unspecified atom stereocenters. The number of rotatable bonds is 7. The second kappa shape index (κ2) is 7.84. The van der Waals surface area contributed by atoms with Crippen LogP contribution in [0.4, 0.5) is 5.69 Å². The van der Waals surface area contributed by atoms with Crippen molar-refractivity contribution in [3.63, 3.8) is 0 Å². The summed E-state index contributed by atoms with van der Waals surface area (Å²) in [5.74, 6) is 2.62. The molecular weight excluding hydrogens is 282 g/mol. The standard InChI is InChI=1S/C17H21NO2S/c1-3-19-15-6-8-16(9-7-15)20-10-11-21-17-12-14(18)5-4-13(17)2/h4-9,12H,3,10-11,18H2,1-2H3. The molecule has 0 aromatic heterocycles. The van der Waals surface area contributed by atoms with Crippen LogP contribution in [0.25, 0.3) is 0 Å². The highest BCUT2D eigenvalue weighted by molar-refractivity contribution is 7.99. The molecule has 0 aliphatic carbocycles. The van der Waals surface area contributed by atoms with Gasteiger partial charge in [-0.05, 0) is 55.8 Å². The Labute approximate surface area is 130 Å². The second-order valence-corrected chi connectivity index (χ2v) is 5.76. The first-order valence-corrected chi connectivity index (χ1v) is 8.02. The highest BCUT2D eigenvalue weighted by Crippen LogP contribution is 2.25. The van der Waals surface area contributed by atoms with E-state index in [1.165, 1.54) is 10.5 Å². The van der Waals surface area contributed by atoms with Crippen LogP contribution in [0.2, 0.25) is 0 Å². The summed E-state index contributed by atoms with van der Waals surface area (Å²) >= 11 is 1.76. The van der Waals surface area contributed by atoms with Crippen LogP contribution in [0, 0.1) is 6.92 Å². The van der Waals surface area contributed by atoms with Gasteiger partial charge < -0.3 is 15.2 Å². The summed E-state index contributed by atoms with van der Waals surface area (Å²) in [5.41, 5.74) is 7.85. The number of benzene rings is 2. The quantitative estimate of drug-likeness (QED) is 0.474. The molecule has 0 spiro atoms. The van der Waals surface area contributed by atoms with Crippen LogP contribution >= 0.6 is 11.8 Å². The molecule has 0 saturated carbocycles. The molecule has 3 nitrogen and oxygen atoms in total. The zero-order valence-electron chi connectivity index (χ0n) is 12.5. The predicted octanol–water partition coefficient (Wildman–Crippen LogP) is 4.15. The van der Waals surface area contributed by atoms with E-state index < -0.39 is 0 Å². The monoisotopic (exact) mass is 303 g/mol. The molecule has 0 aliphatic rings. The third-order valence-corrected chi connectivity index (χ3v) is 4.08. The summed E-state index contributed by atoms with van der Waals surface area (Å²) in [6, 6.07) is 13.7. The Morgan fingerprint density at radius 3 is 2.33 bits per heavy atom. The first-order chi connectivity index (χ1) is 10.2. The first kappa shape index (κ1) is 15.6. The zero-order chi connectivity index (χ0) is 15.1. The SMILES string of the molecule is CCOc1ccc(OCCSc2cc(N)ccc2C)cc1. The van der Waals surface area contributed by atoms with E-state index in [0.717, 1.165) is 22.9 Å². The summed E-state index contributed by atoms with van der Waals surface area (Å²) in [7, 11) is 0. The third-order valence-electron chi connectivity index (χ3n) is 2.96. The van der Waals surface area contributed by atoms with Gasteiger partial charge in [0.15, 0.2) is 0 Å². The fourth-order valence-corrected chi connectivity index (χ4v) is 2.78. The van der Waals surface area contributed by atoms with Crippen molar-refractivity contribution < 1.29 is 9.47 Å². The van der Waals surface area contributed by atoms with Gasteiger partial charge in [0, 0.05) is 16.3 Å². The Morgan fingerprint density at radius 1 is 1.00 bits per heavy atom. The van der Waals surface area contributed by atoms with Gasteiger partial charge in [0.2, 0.25) is 0 Å². The molecule has 112 valence electrons.